The first-order chi connectivity index (χ1) is 9.78. The van der Waals surface area contributed by atoms with Crippen LogP contribution in [0.15, 0.2) is 41.9 Å². The van der Waals surface area contributed by atoms with Crippen molar-refractivity contribution in [3.8, 4) is 0 Å². The Kier molecular flexibility index (Phi) is 3.76. The first-order valence-corrected chi connectivity index (χ1v) is 7.58. The van der Waals surface area contributed by atoms with Crippen molar-refractivity contribution in [2.75, 3.05) is 7.05 Å². The van der Waals surface area contributed by atoms with Gasteiger partial charge in [-0.1, -0.05) is 18.2 Å². The number of nitrogens with zero attached hydrogens (tertiary/aromatic N) is 2. The van der Waals surface area contributed by atoms with E-state index < -0.39 is 0 Å². The van der Waals surface area contributed by atoms with Crippen LogP contribution in [0.5, 0.6) is 0 Å². The Morgan fingerprint density at radius 3 is 2.85 bits per heavy atom. The molecule has 0 bridgehead atoms. The second-order valence-corrected chi connectivity index (χ2v) is 5.88. The first kappa shape index (κ1) is 13.2. The molecule has 4 heteroatoms. The lowest BCUT2D eigenvalue weighted by molar-refractivity contribution is 0.589. The van der Waals surface area contributed by atoms with Crippen LogP contribution in [-0.2, 0) is 6.42 Å². The minimum absolute atomic E-state index is 0.254. The summed E-state index contributed by atoms with van der Waals surface area (Å²) in [6.45, 7) is 2.05. The van der Waals surface area contributed by atoms with Gasteiger partial charge in [-0.25, -0.2) is 4.98 Å². The molecule has 2 aromatic heterocycles. The lowest BCUT2D eigenvalue weighted by Crippen LogP contribution is -2.19. The predicted molar refractivity (Wildman–Crippen MR) is 84.1 cm³/mol. The highest BCUT2D eigenvalue weighted by atomic mass is 32.1. The number of fused-ring (bicyclic) bond motifs is 1. The molecule has 3 nitrogen and oxygen atoms in total. The number of hydrogen-bond acceptors (Lipinski definition) is 4. The largest absolute Gasteiger partial charge is 0.313 e. The van der Waals surface area contributed by atoms with E-state index in [1.807, 2.05) is 26.2 Å². The molecule has 3 rings (SSSR count). The quantitative estimate of drug-likeness (QED) is 0.796. The highest BCUT2D eigenvalue weighted by Crippen LogP contribution is 2.25. The predicted octanol–water partition coefficient (Wildman–Crippen LogP) is 3.50. The molecular weight excluding hydrogens is 266 g/mol. The number of aromatic nitrogens is 2. The number of para-hydroxylation sites is 1. The summed E-state index contributed by atoms with van der Waals surface area (Å²) in [7, 11) is 2.00. The van der Waals surface area contributed by atoms with Gasteiger partial charge in [0.2, 0.25) is 0 Å². The number of aryl methyl sites for hydroxylation is 1. The van der Waals surface area contributed by atoms with Crippen LogP contribution in [0, 0.1) is 6.92 Å². The Labute approximate surface area is 122 Å². The smallest absolute Gasteiger partial charge is 0.0897 e. The fraction of sp³-hybridized carbons (Fsp3) is 0.250. The molecule has 102 valence electrons. The Morgan fingerprint density at radius 1 is 1.25 bits per heavy atom. The van der Waals surface area contributed by atoms with Crippen molar-refractivity contribution in [2.24, 2.45) is 0 Å². The molecular formula is C16H17N3S. The van der Waals surface area contributed by atoms with Gasteiger partial charge in [0.1, 0.15) is 0 Å². The molecule has 0 fully saturated rings. The zero-order chi connectivity index (χ0) is 13.9. The van der Waals surface area contributed by atoms with Crippen LogP contribution in [0.3, 0.4) is 0 Å². The number of likely N-dealkylation sites (N-methyl/N-ethyl adjacent to an activating group) is 1. The highest BCUT2D eigenvalue weighted by Gasteiger charge is 2.14. The van der Waals surface area contributed by atoms with E-state index in [1.165, 1.54) is 10.9 Å². The van der Waals surface area contributed by atoms with Crippen molar-refractivity contribution >= 4 is 22.2 Å². The van der Waals surface area contributed by atoms with Crippen molar-refractivity contribution in [3.05, 3.63) is 58.2 Å². The molecule has 0 saturated heterocycles. The maximum absolute atomic E-state index is 4.57. The van der Waals surface area contributed by atoms with Gasteiger partial charge < -0.3 is 5.32 Å². The summed E-state index contributed by atoms with van der Waals surface area (Å²) in [6, 6.07) is 10.6. The minimum Gasteiger partial charge on any atom is -0.313 e. The summed E-state index contributed by atoms with van der Waals surface area (Å²) in [5.41, 5.74) is 3.47. The van der Waals surface area contributed by atoms with E-state index >= 15 is 0 Å². The van der Waals surface area contributed by atoms with E-state index in [4.69, 9.17) is 0 Å². The Bertz CT molecular complexity index is 715. The lowest BCUT2D eigenvalue weighted by atomic mass is 9.99. The third kappa shape index (κ3) is 2.57. The van der Waals surface area contributed by atoms with Gasteiger partial charge >= 0.3 is 0 Å². The van der Waals surface area contributed by atoms with E-state index in [0.717, 1.165) is 22.6 Å². The first-order valence-electron chi connectivity index (χ1n) is 6.70. The summed E-state index contributed by atoms with van der Waals surface area (Å²) >= 11 is 1.70. The molecule has 1 N–H and O–H groups in total. The molecule has 0 saturated carbocycles. The second kappa shape index (κ2) is 5.69. The zero-order valence-corrected chi connectivity index (χ0v) is 12.4. The SMILES string of the molecule is CNC(Cc1csc(C)n1)c1ccnc2ccccc12. The maximum Gasteiger partial charge on any atom is 0.0897 e. The molecule has 0 amide bonds. The molecule has 2 heterocycles. The molecule has 1 unspecified atom stereocenters. The Morgan fingerprint density at radius 2 is 2.10 bits per heavy atom. The van der Waals surface area contributed by atoms with Crippen LogP contribution in [0.4, 0.5) is 0 Å². The summed E-state index contributed by atoms with van der Waals surface area (Å²) in [5.74, 6) is 0. The van der Waals surface area contributed by atoms with Gasteiger partial charge in [0.05, 0.1) is 16.2 Å². The summed E-state index contributed by atoms with van der Waals surface area (Å²) in [6.07, 6.45) is 2.78. The third-order valence-electron chi connectivity index (χ3n) is 3.49. The van der Waals surface area contributed by atoms with E-state index in [9.17, 15) is 0 Å². The van der Waals surface area contributed by atoms with Crippen molar-refractivity contribution in [2.45, 2.75) is 19.4 Å². The van der Waals surface area contributed by atoms with Crippen LogP contribution < -0.4 is 5.32 Å². The topological polar surface area (TPSA) is 37.8 Å². The molecule has 0 radical (unpaired) electrons. The van der Waals surface area contributed by atoms with Gasteiger partial charge in [0, 0.05) is 29.4 Å². The van der Waals surface area contributed by atoms with Crippen LogP contribution >= 0.6 is 11.3 Å². The summed E-state index contributed by atoms with van der Waals surface area (Å²) < 4.78 is 0. The van der Waals surface area contributed by atoms with E-state index in [1.54, 1.807) is 11.3 Å². The molecule has 3 aromatic rings. The van der Waals surface area contributed by atoms with Crippen LogP contribution in [0.2, 0.25) is 0 Å². The van der Waals surface area contributed by atoms with Crippen LogP contribution in [-0.4, -0.2) is 17.0 Å². The van der Waals surface area contributed by atoms with Gasteiger partial charge in [0.15, 0.2) is 0 Å². The lowest BCUT2D eigenvalue weighted by Gasteiger charge is -2.17. The fourth-order valence-corrected chi connectivity index (χ4v) is 3.13. The van der Waals surface area contributed by atoms with Crippen molar-refractivity contribution in [1.82, 2.24) is 15.3 Å². The van der Waals surface area contributed by atoms with Gasteiger partial charge in [-0.3, -0.25) is 4.98 Å². The van der Waals surface area contributed by atoms with Crippen molar-refractivity contribution in [3.63, 3.8) is 0 Å². The standard InChI is InChI=1S/C16H17N3S/c1-11-19-12(10-20-11)9-16(17-2)14-7-8-18-15-6-4-3-5-13(14)15/h3-8,10,16-17H,9H2,1-2H3. The highest BCUT2D eigenvalue weighted by molar-refractivity contribution is 7.09. The number of rotatable bonds is 4. The number of thiazole rings is 1. The summed E-state index contributed by atoms with van der Waals surface area (Å²) in [4.78, 5) is 9.00. The van der Waals surface area contributed by atoms with E-state index in [-0.39, 0.29) is 6.04 Å². The van der Waals surface area contributed by atoms with Gasteiger partial charge in [0.25, 0.3) is 0 Å². The molecule has 1 atom stereocenters. The van der Waals surface area contributed by atoms with Crippen LogP contribution in [0.25, 0.3) is 10.9 Å². The van der Waals surface area contributed by atoms with Gasteiger partial charge in [-0.15, -0.1) is 11.3 Å². The number of hydrogen-bond donors (Lipinski definition) is 1. The normalized spacial score (nSPS) is 12.7. The van der Waals surface area contributed by atoms with Gasteiger partial charge in [-0.2, -0.15) is 0 Å². The maximum atomic E-state index is 4.57. The molecule has 0 aliphatic rings. The fourth-order valence-electron chi connectivity index (χ4n) is 2.50. The molecule has 0 aliphatic heterocycles. The average molecular weight is 283 g/mol. The van der Waals surface area contributed by atoms with Gasteiger partial charge in [-0.05, 0) is 31.7 Å². The molecule has 0 aliphatic carbocycles. The minimum atomic E-state index is 0.254. The molecule has 1 aromatic carbocycles. The monoisotopic (exact) mass is 283 g/mol. The zero-order valence-electron chi connectivity index (χ0n) is 11.6. The molecule has 0 spiro atoms. The van der Waals surface area contributed by atoms with Crippen molar-refractivity contribution in [1.29, 1.82) is 0 Å². The number of pyridine rings is 1. The van der Waals surface area contributed by atoms with E-state index in [0.29, 0.717) is 0 Å². The Balaban J connectivity index is 1.98. The number of benzene rings is 1. The average Bonchev–Trinajstić information content (AvgIpc) is 2.89. The van der Waals surface area contributed by atoms with E-state index in [2.05, 4.69) is 44.9 Å². The summed E-state index contributed by atoms with van der Waals surface area (Å²) in [5, 5.41) is 7.88. The number of nitrogens with one attached hydrogen (secondary N) is 1. The Hall–Kier alpha value is -1.78. The third-order valence-corrected chi connectivity index (χ3v) is 4.31. The second-order valence-electron chi connectivity index (χ2n) is 4.82. The van der Waals surface area contributed by atoms with Crippen LogP contribution in [0.1, 0.15) is 22.3 Å². The molecule has 20 heavy (non-hydrogen) atoms. The van der Waals surface area contributed by atoms with Crippen molar-refractivity contribution < 1.29 is 0 Å².